The van der Waals surface area contributed by atoms with Crippen LogP contribution in [0.15, 0.2) is 22.8 Å². The predicted octanol–water partition coefficient (Wildman–Crippen LogP) is 2.47. The van der Waals surface area contributed by atoms with Crippen molar-refractivity contribution in [3.8, 4) is 0 Å². The second kappa shape index (κ2) is 5.04. The molecular formula is C10H19NO2. The van der Waals surface area contributed by atoms with Crippen molar-refractivity contribution in [2.24, 2.45) is 0 Å². The Labute approximate surface area is 79.9 Å². The van der Waals surface area contributed by atoms with Crippen molar-refractivity contribution in [1.29, 1.82) is 0 Å². The van der Waals surface area contributed by atoms with Gasteiger partial charge in [-0.05, 0) is 26.8 Å². The SMILES string of the molecule is CC[N+](CC)(CC)c1ccco1.[OH-]. The van der Waals surface area contributed by atoms with E-state index in [1.165, 1.54) is 0 Å². The quantitative estimate of drug-likeness (QED) is 0.676. The first-order valence-electron chi connectivity index (χ1n) is 4.69. The van der Waals surface area contributed by atoms with Crippen LogP contribution in [0.1, 0.15) is 20.8 Å². The molecule has 0 amide bonds. The minimum absolute atomic E-state index is 0. The zero-order chi connectivity index (χ0) is 9.03. The zero-order valence-electron chi connectivity index (χ0n) is 8.66. The molecule has 0 unspecified atom stereocenters. The number of hydrogen-bond acceptors (Lipinski definition) is 2. The third-order valence-electron chi connectivity index (χ3n) is 2.79. The maximum atomic E-state index is 5.44. The summed E-state index contributed by atoms with van der Waals surface area (Å²) in [5, 5.41) is 0. The summed E-state index contributed by atoms with van der Waals surface area (Å²) in [5.74, 6) is 1.09. The Hall–Kier alpha value is -0.800. The van der Waals surface area contributed by atoms with E-state index >= 15 is 0 Å². The molecule has 1 N–H and O–H groups in total. The lowest BCUT2D eigenvalue weighted by molar-refractivity contribution is 0.264. The van der Waals surface area contributed by atoms with Gasteiger partial charge in [-0.3, -0.25) is 4.48 Å². The van der Waals surface area contributed by atoms with Gasteiger partial charge in [0.2, 0.25) is 0 Å². The highest BCUT2D eigenvalue weighted by Gasteiger charge is 2.26. The van der Waals surface area contributed by atoms with Crippen LogP contribution < -0.4 is 4.48 Å². The smallest absolute Gasteiger partial charge is 0.296 e. The van der Waals surface area contributed by atoms with E-state index in [4.69, 9.17) is 4.42 Å². The molecule has 0 saturated carbocycles. The highest BCUT2D eigenvalue weighted by Crippen LogP contribution is 2.22. The van der Waals surface area contributed by atoms with Gasteiger partial charge in [0, 0.05) is 6.07 Å². The molecule has 0 fully saturated rings. The van der Waals surface area contributed by atoms with E-state index in [1.807, 2.05) is 6.07 Å². The average Bonchev–Trinajstić information content (AvgIpc) is 2.62. The topological polar surface area (TPSA) is 43.1 Å². The Balaban J connectivity index is 0.00000144. The summed E-state index contributed by atoms with van der Waals surface area (Å²) >= 11 is 0. The van der Waals surface area contributed by atoms with Crippen molar-refractivity contribution in [1.82, 2.24) is 4.48 Å². The molecule has 13 heavy (non-hydrogen) atoms. The number of furan rings is 1. The number of hydrogen-bond donors (Lipinski definition) is 0. The lowest BCUT2D eigenvalue weighted by Gasteiger charge is -2.31. The Morgan fingerprint density at radius 1 is 1.15 bits per heavy atom. The molecule has 1 aromatic heterocycles. The van der Waals surface area contributed by atoms with Gasteiger partial charge in [-0.2, -0.15) is 0 Å². The first kappa shape index (κ1) is 12.2. The van der Waals surface area contributed by atoms with Crippen LogP contribution in [0, 0.1) is 0 Å². The summed E-state index contributed by atoms with van der Waals surface area (Å²) in [5.41, 5.74) is 0. The summed E-state index contributed by atoms with van der Waals surface area (Å²) in [6.07, 6.45) is 1.75. The normalized spacial score (nSPS) is 11.0. The van der Waals surface area contributed by atoms with Gasteiger partial charge in [-0.1, -0.05) is 0 Å². The molecule has 1 rings (SSSR count). The fourth-order valence-corrected chi connectivity index (χ4v) is 1.68. The second-order valence-corrected chi connectivity index (χ2v) is 3.05. The van der Waals surface area contributed by atoms with Gasteiger partial charge in [-0.15, -0.1) is 0 Å². The molecule has 0 radical (unpaired) electrons. The lowest BCUT2D eigenvalue weighted by atomic mass is 10.3. The van der Waals surface area contributed by atoms with Crippen LogP contribution in [0.5, 0.6) is 0 Å². The molecule has 76 valence electrons. The fourth-order valence-electron chi connectivity index (χ4n) is 1.68. The molecule has 0 aliphatic heterocycles. The van der Waals surface area contributed by atoms with Crippen molar-refractivity contribution in [2.75, 3.05) is 19.6 Å². The molecule has 0 spiro atoms. The molecule has 1 heterocycles. The zero-order valence-corrected chi connectivity index (χ0v) is 8.66. The van der Waals surface area contributed by atoms with Gasteiger partial charge < -0.3 is 9.89 Å². The van der Waals surface area contributed by atoms with E-state index in [-0.39, 0.29) is 5.48 Å². The van der Waals surface area contributed by atoms with E-state index in [0.29, 0.717) is 0 Å². The lowest BCUT2D eigenvalue weighted by Crippen LogP contribution is -2.48. The molecule has 0 aliphatic carbocycles. The monoisotopic (exact) mass is 185 g/mol. The Bertz CT molecular complexity index is 207. The van der Waals surface area contributed by atoms with Gasteiger partial charge >= 0.3 is 0 Å². The fraction of sp³-hybridized carbons (Fsp3) is 0.600. The highest BCUT2D eigenvalue weighted by molar-refractivity contribution is 5.29. The molecule has 0 aromatic carbocycles. The van der Waals surface area contributed by atoms with E-state index in [1.54, 1.807) is 6.26 Å². The van der Waals surface area contributed by atoms with Crippen LogP contribution >= 0.6 is 0 Å². The van der Waals surface area contributed by atoms with Crippen LogP contribution in [0.25, 0.3) is 0 Å². The summed E-state index contributed by atoms with van der Waals surface area (Å²) in [6.45, 7) is 9.90. The Morgan fingerprint density at radius 3 is 2.00 bits per heavy atom. The van der Waals surface area contributed by atoms with E-state index < -0.39 is 0 Å². The van der Waals surface area contributed by atoms with Gasteiger partial charge in [0.05, 0.1) is 25.9 Å². The molecule has 0 atom stereocenters. The molecular weight excluding hydrogens is 166 g/mol. The standard InChI is InChI=1S/C10H18NO.H2O/c1-4-11(5-2,6-3)10-8-7-9-12-10;/h7-9H,4-6H2,1-3H3;1H2/q+1;/p-1. The summed E-state index contributed by atoms with van der Waals surface area (Å²) in [7, 11) is 0. The van der Waals surface area contributed by atoms with Gasteiger partial charge in [0.15, 0.2) is 0 Å². The molecule has 3 heteroatoms. The number of rotatable bonds is 4. The van der Waals surface area contributed by atoms with Gasteiger partial charge in [0.1, 0.15) is 0 Å². The van der Waals surface area contributed by atoms with Crippen molar-refractivity contribution >= 4 is 5.88 Å². The van der Waals surface area contributed by atoms with Gasteiger partial charge in [0.25, 0.3) is 5.88 Å². The largest absolute Gasteiger partial charge is 0.870 e. The second-order valence-electron chi connectivity index (χ2n) is 3.05. The minimum Gasteiger partial charge on any atom is -0.870 e. The van der Waals surface area contributed by atoms with Gasteiger partial charge in [-0.25, -0.2) is 0 Å². The molecule has 0 aliphatic rings. The molecule has 0 bridgehead atoms. The molecule has 0 saturated heterocycles. The summed E-state index contributed by atoms with van der Waals surface area (Å²) in [4.78, 5) is 0. The maximum Gasteiger partial charge on any atom is 0.296 e. The Morgan fingerprint density at radius 2 is 1.69 bits per heavy atom. The highest BCUT2D eigenvalue weighted by atomic mass is 16.3. The van der Waals surface area contributed by atoms with E-state index in [9.17, 15) is 0 Å². The third kappa shape index (κ3) is 2.11. The molecule has 1 aromatic rings. The van der Waals surface area contributed by atoms with Crippen LogP contribution in [-0.2, 0) is 0 Å². The first-order valence-corrected chi connectivity index (χ1v) is 4.69. The van der Waals surface area contributed by atoms with E-state index in [2.05, 4.69) is 26.8 Å². The maximum absolute atomic E-state index is 5.44. The van der Waals surface area contributed by atoms with Crippen molar-refractivity contribution in [3.05, 3.63) is 18.4 Å². The summed E-state index contributed by atoms with van der Waals surface area (Å²) < 4.78 is 6.40. The first-order chi connectivity index (χ1) is 5.79. The number of quaternary nitrogens is 1. The van der Waals surface area contributed by atoms with Crippen LogP contribution in [0.3, 0.4) is 0 Å². The predicted molar refractivity (Wildman–Crippen MR) is 54.1 cm³/mol. The third-order valence-corrected chi connectivity index (χ3v) is 2.79. The molecule has 3 nitrogen and oxygen atoms in total. The number of nitrogens with zero attached hydrogens (tertiary/aromatic N) is 1. The van der Waals surface area contributed by atoms with Crippen molar-refractivity contribution in [3.63, 3.8) is 0 Å². The van der Waals surface area contributed by atoms with Crippen LogP contribution in [-0.4, -0.2) is 25.1 Å². The van der Waals surface area contributed by atoms with Crippen LogP contribution in [0.2, 0.25) is 0 Å². The Kier molecular flexibility index (Phi) is 4.73. The average molecular weight is 185 g/mol. The van der Waals surface area contributed by atoms with Crippen molar-refractivity contribution in [2.45, 2.75) is 20.8 Å². The van der Waals surface area contributed by atoms with Crippen molar-refractivity contribution < 1.29 is 9.89 Å². The summed E-state index contributed by atoms with van der Waals surface area (Å²) in [6, 6.07) is 4.03. The minimum atomic E-state index is 0. The van der Waals surface area contributed by atoms with E-state index in [0.717, 1.165) is 30.0 Å². The van der Waals surface area contributed by atoms with Crippen LogP contribution in [0.4, 0.5) is 5.88 Å².